The summed E-state index contributed by atoms with van der Waals surface area (Å²) in [5.41, 5.74) is 0.241. The molecule has 0 radical (unpaired) electrons. The summed E-state index contributed by atoms with van der Waals surface area (Å²) in [6, 6.07) is 12.1. The van der Waals surface area contributed by atoms with E-state index in [1.165, 1.54) is 23.1 Å². The Kier molecular flexibility index (Phi) is 10.5. The van der Waals surface area contributed by atoms with Crippen LogP contribution in [0.3, 0.4) is 0 Å². The van der Waals surface area contributed by atoms with Gasteiger partial charge < -0.3 is 15.0 Å². The summed E-state index contributed by atoms with van der Waals surface area (Å²) in [6.45, 7) is 7.54. The number of nitrogens with zero attached hydrogens (tertiary/aromatic N) is 2. The van der Waals surface area contributed by atoms with E-state index in [0.717, 1.165) is 16.1 Å². The van der Waals surface area contributed by atoms with Crippen molar-refractivity contribution in [1.82, 2.24) is 10.2 Å². The zero-order chi connectivity index (χ0) is 27.8. The molecule has 2 aromatic carbocycles. The number of halogens is 1. The van der Waals surface area contributed by atoms with Crippen molar-refractivity contribution >= 4 is 27.5 Å². The molecule has 0 unspecified atom stereocenters. The summed E-state index contributed by atoms with van der Waals surface area (Å²) in [5.74, 6) is -0.606. The monoisotopic (exact) mass is 535 g/mol. The Morgan fingerprint density at radius 3 is 2.35 bits per heavy atom. The topological polar surface area (TPSA) is 96.0 Å². The van der Waals surface area contributed by atoms with Crippen molar-refractivity contribution in [2.75, 3.05) is 24.2 Å². The fourth-order valence-electron chi connectivity index (χ4n) is 3.98. The van der Waals surface area contributed by atoms with Gasteiger partial charge in [0.1, 0.15) is 17.6 Å². The molecule has 0 aliphatic rings. The van der Waals surface area contributed by atoms with E-state index in [1.54, 1.807) is 25.3 Å². The summed E-state index contributed by atoms with van der Waals surface area (Å²) >= 11 is 0. The summed E-state index contributed by atoms with van der Waals surface area (Å²) in [7, 11) is -2.23. The lowest BCUT2D eigenvalue weighted by molar-refractivity contribution is -0.142. The molecular formula is C27H38FN3O5S. The Balaban J connectivity index is 2.27. The van der Waals surface area contributed by atoms with E-state index in [0.29, 0.717) is 12.2 Å². The average molecular weight is 536 g/mol. The van der Waals surface area contributed by atoms with E-state index in [9.17, 15) is 22.4 Å². The molecule has 0 fully saturated rings. The maximum atomic E-state index is 14.3. The summed E-state index contributed by atoms with van der Waals surface area (Å²) < 4.78 is 45.3. The Morgan fingerprint density at radius 1 is 1.11 bits per heavy atom. The van der Waals surface area contributed by atoms with Crippen molar-refractivity contribution in [3.8, 4) is 5.75 Å². The molecule has 0 saturated carbocycles. The van der Waals surface area contributed by atoms with Gasteiger partial charge in [0.15, 0.2) is 0 Å². The van der Waals surface area contributed by atoms with Crippen LogP contribution in [0.2, 0.25) is 0 Å². The molecule has 0 saturated heterocycles. The number of para-hydroxylation sites is 1. The first-order chi connectivity index (χ1) is 17.3. The van der Waals surface area contributed by atoms with Gasteiger partial charge >= 0.3 is 0 Å². The third-order valence-corrected chi connectivity index (χ3v) is 6.82. The Labute approximate surface area is 219 Å². The number of amides is 2. The van der Waals surface area contributed by atoms with Gasteiger partial charge in [0.05, 0.1) is 19.1 Å². The zero-order valence-electron chi connectivity index (χ0n) is 22.5. The van der Waals surface area contributed by atoms with Crippen LogP contribution >= 0.6 is 0 Å². The van der Waals surface area contributed by atoms with Crippen molar-refractivity contribution < 1.29 is 27.1 Å². The lowest BCUT2D eigenvalue weighted by atomic mass is 10.0. The minimum atomic E-state index is -3.78. The van der Waals surface area contributed by atoms with Gasteiger partial charge in [0.2, 0.25) is 21.8 Å². The van der Waals surface area contributed by atoms with Crippen molar-refractivity contribution in [3.05, 3.63) is 59.9 Å². The second-order valence-electron chi connectivity index (χ2n) is 9.93. The normalized spacial score (nSPS) is 12.5. The number of rotatable bonds is 12. The molecule has 1 N–H and O–H groups in total. The van der Waals surface area contributed by atoms with E-state index in [1.807, 2.05) is 39.8 Å². The van der Waals surface area contributed by atoms with E-state index in [4.69, 9.17) is 4.74 Å². The van der Waals surface area contributed by atoms with Gasteiger partial charge in [-0.1, -0.05) is 31.2 Å². The Morgan fingerprint density at radius 2 is 1.78 bits per heavy atom. The van der Waals surface area contributed by atoms with Gasteiger partial charge in [0, 0.05) is 25.0 Å². The van der Waals surface area contributed by atoms with Crippen molar-refractivity contribution in [1.29, 1.82) is 0 Å². The molecule has 1 atom stereocenters. The summed E-state index contributed by atoms with van der Waals surface area (Å²) in [5, 5.41) is 2.95. The van der Waals surface area contributed by atoms with E-state index < -0.39 is 27.4 Å². The molecule has 2 aromatic rings. The molecule has 204 valence electrons. The standard InChI is InChI=1S/C27H38FN3O5S/c1-7-23(26(33)29-27(2,3)4)30(19-20-12-10-13-21(18-20)36-5)25(32)16-11-17-31(37(6,34)35)24-15-9-8-14-22(24)28/h8-10,12-15,18,23H,7,11,16-17,19H2,1-6H3,(H,29,33)/t23-/m1/s1. The number of nitrogens with one attached hydrogen (secondary N) is 1. The van der Waals surface area contributed by atoms with Crippen molar-refractivity contribution in [2.24, 2.45) is 0 Å². The van der Waals surface area contributed by atoms with Gasteiger partial charge in [-0.25, -0.2) is 12.8 Å². The number of ether oxygens (including phenoxy) is 1. The van der Waals surface area contributed by atoms with Gasteiger partial charge in [-0.2, -0.15) is 0 Å². The molecule has 0 bridgehead atoms. The molecule has 0 spiro atoms. The number of benzene rings is 2. The highest BCUT2D eigenvalue weighted by atomic mass is 32.2. The fraction of sp³-hybridized carbons (Fsp3) is 0.481. The predicted octanol–water partition coefficient (Wildman–Crippen LogP) is 4.10. The van der Waals surface area contributed by atoms with E-state index in [-0.39, 0.29) is 43.4 Å². The van der Waals surface area contributed by atoms with E-state index in [2.05, 4.69) is 5.32 Å². The first-order valence-corrected chi connectivity index (χ1v) is 14.1. The maximum Gasteiger partial charge on any atom is 0.243 e. The SMILES string of the molecule is CC[C@H](C(=O)NC(C)(C)C)N(Cc1cccc(OC)c1)C(=O)CCCN(c1ccccc1F)S(C)(=O)=O. The minimum Gasteiger partial charge on any atom is -0.497 e. The third kappa shape index (κ3) is 9.03. The van der Waals surface area contributed by atoms with Gasteiger partial charge in [0.25, 0.3) is 0 Å². The van der Waals surface area contributed by atoms with Crippen LogP contribution in [0.5, 0.6) is 5.75 Å². The molecule has 8 nitrogen and oxygen atoms in total. The second-order valence-corrected chi connectivity index (χ2v) is 11.8. The van der Waals surface area contributed by atoms with Crippen LogP contribution < -0.4 is 14.4 Å². The second kappa shape index (κ2) is 12.9. The zero-order valence-corrected chi connectivity index (χ0v) is 23.3. The van der Waals surface area contributed by atoms with E-state index >= 15 is 0 Å². The average Bonchev–Trinajstić information content (AvgIpc) is 2.80. The fourth-order valence-corrected chi connectivity index (χ4v) is 4.94. The largest absolute Gasteiger partial charge is 0.497 e. The molecular weight excluding hydrogens is 497 g/mol. The van der Waals surface area contributed by atoms with Gasteiger partial charge in [-0.3, -0.25) is 13.9 Å². The lowest BCUT2D eigenvalue weighted by Gasteiger charge is -2.33. The maximum absolute atomic E-state index is 14.3. The first kappa shape index (κ1) is 30.1. The molecule has 0 aliphatic carbocycles. The third-order valence-electron chi connectivity index (χ3n) is 5.64. The van der Waals surface area contributed by atoms with Crippen LogP contribution in [0.1, 0.15) is 52.5 Å². The smallest absolute Gasteiger partial charge is 0.243 e. The summed E-state index contributed by atoms with van der Waals surface area (Å²) in [4.78, 5) is 28.1. The number of carbonyl (C=O) groups is 2. The lowest BCUT2D eigenvalue weighted by Crippen LogP contribution is -2.53. The van der Waals surface area contributed by atoms with Crippen LogP contribution in [-0.2, 0) is 26.2 Å². The molecule has 0 heterocycles. The predicted molar refractivity (Wildman–Crippen MR) is 143 cm³/mol. The highest BCUT2D eigenvalue weighted by Gasteiger charge is 2.31. The first-order valence-electron chi connectivity index (χ1n) is 12.2. The van der Waals surface area contributed by atoms with Gasteiger partial charge in [-0.05, 0) is 63.4 Å². The number of hydrogen-bond donors (Lipinski definition) is 1. The summed E-state index contributed by atoms with van der Waals surface area (Å²) in [6.07, 6.45) is 1.51. The quantitative estimate of drug-likeness (QED) is 0.442. The molecule has 2 rings (SSSR count). The number of sulfonamides is 1. The molecule has 37 heavy (non-hydrogen) atoms. The number of methoxy groups -OCH3 is 1. The Bertz CT molecular complexity index is 1180. The molecule has 10 heteroatoms. The van der Waals surface area contributed by atoms with Crippen LogP contribution in [-0.4, -0.2) is 56.6 Å². The highest BCUT2D eigenvalue weighted by molar-refractivity contribution is 7.92. The van der Waals surface area contributed by atoms with Crippen molar-refractivity contribution in [3.63, 3.8) is 0 Å². The molecule has 2 amide bonds. The number of hydrogen-bond acceptors (Lipinski definition) is 5. The number of carbonyl (C=O) groups excluding carboxylic acids is 2. The minimum absolute atomic E-state index is 0.0241. The van der Waals surface area contributed by atoms with Gasteiger partial charge in [-0.15, -0.1) is 0 Å². The van der Waals surface area contributed by atoms with Crippen LogP contribution in [0, 0.1) is 5.82 Å². The molecule has 0 aliphatic heterocycles. The Hall–Kier alpha value is -3.14. The van der Waals surface area contributed by atoms with Crippen molar-refractivity contribution in [2.45, 2.75) is 65.1 Å². The van der Waals surface area contributed by atoms with Crippen LogP contribution in [0.15, 0.2) is 48.5 Å². The number of anilines is 1. The highest BCUT2D eigenvalue weighted by Crippen LogP contribution is 2.23. The van der Waals surface area contributed by atoms with Crippen LogP contribution in [0.25, 0.3) is 0 Å². The van der Waals surface area contributed by atoms with Crippen LogP contribution in [0.4, 0.5) is 10.1 Å². The molecule has 0 aromatic heterocycles.